The Kier molecular flexibility index (Phi) is 2.35. The van der Waals surface area contributed by atoms with E-state index in [9.17, 15) is 4.79 Å². The summed E-state index contributed by atoms with van der Waals surface area (Å²) in [5.41, 5.74) is 2.79. The van der Waals surface area contributed by atoms with Crippen LogP contribution in [0.15, 0.2) is 30.3 Å². The van der Waals surface area contributed by atoms with Gasteiger partial charge in [0, 0.05) is 16.8 Å². The minimum atomic E-state index is 0.0166. The second-order valence-corrected chi connectivity index (χ2v) is 3.41. The van der Waals surface area contributed by atoms with E-state index in [1.165, 1.54) is 0 Å². The standard InChI is InChI=1S/C12H13NO/c1-2-3-8-11-9-6-4-5-7-10(9)12(14)13-11/h4-8H,2-3H2,1H3,(H,13,14)/b11-8-. The molecule has 14 heavy (non-hydrogen) atoms. The molecule has 2 heteroatoms. The van der Waals surface area contributed by atoms with E-state index in [2.05, 4.69) is 18.3 Å². The SMILES string of the molecule is CCC/C=C1\NC(=O)c2ccccc21. The van der Waals surface area contributed by atoms with Crippen LogP contribution in [0.25, 0.3) is 5.70 Å². The number of fused-ring (bicyclic) bond motifs is 1. The molecule has 0 spiro atoms. The van der Waals surface area contributed by atoms with E-state index in [1.807, 2.05) is 24.3 Å². The Bertz CT molecular complexity index is 393. The number of hydrogen-bond acceptors (Lipinski definition) is 1. The van der Waals surface area contributed by atoms with Crippen LogP contribution in [0, 0.1) is 0 Å². The van der Waals surface area contributed by atoms with Crippen LogP contribution in [0.5, 0.6) is 0 Å². The number of allylic oxidation sites excluding steroid dienone is 1. The molecule has 1 heterocycles. The maximum absolute atomic E-state index is 11.5. The lowest BCUT2D eigenvalue weighted by Crippen LogP contribution is -2.11. The molecule has 2 rings (SSSR count). The van der Waals surface area contributed by atoms with Crippen molar-refractivity contribution in [1.82, 2.24) is 5.32 Å². The maximum Gasteiger partial charge on any atom is 0.256 e. The third-order valence-corrected chi connectivity index (χ3v) is 2.35. The normalized spacial score (nSPS) is 16.9. The second-order valence-electron chi connectivity index (χ2n) is 3.41. The lowest BCUT2D eigenvalue weighted by atomic mass is 10.1. The van der Waals surface area contributed by atoms with E-state index in [1.54, 1.807) is 0 Å². The van der Waals surface area contributed by atoms with Crippen LogP contribution in [0.3, 0.4) is 0 Å². The zero-order valence-electron chi connectivity index (χ0n) is 8.21. The molecule has 0 aliphatic carbocycles. The zero-order valence-corrected chi connectivity index (χ0v) is 8.21. The van der Waals surface area contributed by atoms with Crippen molar-refractivity contribution in [3.05, 3.63) is 41.5 Å². The van der Waals surface area contributed by atoms with Gasteiger partial charge in [0.1, 0.15) is 0 Å². The number of nitrogens with one attached hydrogen (secondary N) is 1. The summed E-state index contributed by atoms with van der Waals surface area (Å²) < 4.78 is 0. The van der Waals surface area contributed by atoms with Gasteiger partial charge in [0.25, 0.3) is 5.91 Å². The number of benzene rings is 1. The molecule has 0 bridgehead atoms. The van der Waals surface area contributed by atoms with Gasteiger partial charge in [0.15, 0.2) is 0 Å². The molecule has 1 aliphatic heterocycles. The Morgan fingerprint density at radius 3 is 2.71 bits per heavy atom. The van der Waals surface area contributed by atoms with Gasteiger partial charge in [-0.15, -0.1) is 0 Å². The van der Waals surface area contributed by atoms with E-state index >= 15 is 0 Å². The molecule has 1 aromatic rings. The quantitative estimate of drug-likeness (QED) is 0.757. The molecule has 0 fully saturated rings. The lowest BCUT2D eigenvalue weighted by Gasteiger charge is -1.98. The fraction of sp³-hybridized carbons (Fsp3) is 0.250. The largest absolute Gasteiger partial charge is 0.322 e. The molecule has 1 amide bonds. The lowest BCUT2D eigenvalue weighted by molar-refractivity contribution is 0.0981. The molecule has 0 saturated carbocycles. The van der Waals surface area contributed by atoms with Crippen LogP contribution in [-0.4, -0.2) is 5.91 Å². The molecule has 1 N–H and O–H groups in total. The van der Waals surface area contributed by atoms with Crippen molar-refractivity contribution in [2.75, 3.05) is 0 Å². The molecular weight excluding hydrogens is 174 g/mol. The first-order chi connectivity index (χ1) is 6.83. The van der Waals surface area contributed by atoms with Crippen molar-refractivity contribution >= 4 is 11.6 Å². The summed E-state index contributed by atoms with van der Waals surface area (Å²) in [7, 11) is 0. The van der Waals surface area contributed by atoms with Crippen molar-refractivity contribution in [2.45, 2.75) is 19.8 Å². The van der Waals surface area contributed by atoms with Gasteiger partial charge in [-0.3, -0.25) is 4.79 Å². The summed E-state index contributed by atoms with van der Waals surface area (Å²) in [6.45, 7) is 2.12. The highest BCUT2D eigenvalue weighted by atomic mass is 16.1. The Hall–Kier alpha value is -1.57. The Balaban J connectivity index is 2.39. The smallest absolute Gasteiger partial charge is 0.256 e. The molecule has 1 aliphatic rings. The second kappa shape index (κ2) is 3.66. The van der Waals surface area contributed by atoms with Gasteiger partial charge in [0.2, 0.25) is 0 Å². The van der Waals surface area contributed by atoms with Crippen molar-refractivity contribution in [3.63, 3.8) is 0 Å². The van der Waals surface area contributed by atoms with Crippen molar-refractivity contribution in [2.24, 2.45) is 0 Å². The van der Waals surface area contributed by atoms with Crippen LogP contribution in [-0.2, 0) is 0 Å². The van der Waals surface area contributed by atoms with Crippen LogP contribution in [0.4, 0.5) is 0 Å². The third-order valence-electron chi connectivity index (χ3n) is 2.35. The molecule has 2 nitrogen and oxygen atoms in total. The monoisotopic (exact) mass is 187 g/mol. The van der Waals surface area contributed by atoms with E-state index < -0.39 is 0 Å². The third kappa shape index (κ3) is 1.43. The fourth-order valence-electron chi connectivity index (χ4n) is 1.62. The summed E-state index contributed by atoms with van der Waals surface area (Å²) in [5.74, 6) is 0.0166. The van der Waals surface area contributed by atoms with E-state index in [4.69, 9.17) is 0 Å². The number of rotatable bonds is 2. The van der Waals surface area contributed by atoms with Gasteiger partial charge >= 0.3 is 0 Å². The topological polar surface area (TPSA) is 29.1 Å². The van der Waals surface area contributed by atoms with Gasteiger partial charge in [0.05, 0.1) is 0 Å². The average Bonchev–Trinajstić information content (AvgIpc) is 2.54. The summed E-state index contributed by atoms with van der Waals surface area (Å²) in [4.78, 5) is 11.5. The Morgan fingerprint density at radius 1 is 1.29 bits per heavy atom. The number of hydrogen-bond donors (Lipinski definition) is 1. The van der Waals surface area contributed by atoms with Gasteiger partial charge in [-0.2, -0.15) is 0 Å². The number of carbonyl (C=O) groups is 1. The highest BCUT2D eigenvalue weighted by molar-refractivity contribution is 6.09. The minimum Gasteiger partial charge on any atom is -0.322 e. The fourth-order valence-corrected chi connectivity index (χ4v) is 1.62. The van der Waals surface area contributed by atoms with Gasteiger partial charge in [-0.25, -0.2) is 0 Å². The van der Waals surface area contributed by atoms with Crippen molar-refractivity contribution in [1.29, 1.82) is 0 Å². The van der Waals surface area contributed by atoms with Crippen LogP contribution < -0.4 is 5.32 Å². The zero-order chi connectivity index (χ0) is 9.97. The van der Waals surface area contributed by atoms with Gasteiger partial charge in [-0.1, -0.05) is 37.6 Å². The molecular formula is C12H13NO. The van der Waals surface area contributed by atoms with E-state index in [0.717, 1.165) is 29.7 Å². The van der Waals surface area contributed by atoms with Gasteiger partial charge < -0.3 is 5.32 Å². The first-order valence-electron chi connectivity index (χ1n) is 4.94. The van der Waals surface area contributed by atoms with E-state index in [0.29, 0.717) is 0 Å². The molecule has 1 aromatic carbocycles. The molecule has 0 atom stereocenters. The molecule has 0 aromatic heterocycles. The molecule has 0 saturated heterocycles. The number of amides is 1. The highest BCUT2D eigenvalue weighted by Gasteiger charge is 2.21. The van der Waals surface area contributed by atoms with Gasteiger partial charge in [-0.05, 0) is 12.5 Å². The summed E-state index contributed by atoms with van der Waals surface area (Å²) >= 11 is 0. The van der Waals surface area contributed by atoms with Crippen LogP contribution in [0.1, 0.15) is 35.7 Å². The molecule has 0 unspecified atom stereocenters. The highest BCUT2D eigenvalue weighted by Crippen LogP contribution is 2.24. The maximum atomic E-state index is 11.5. The predicted molar refractivity (Wildman–Crippen MR) is 56.8 cm³/mol. The summed E-state index contributed by atoms with van der Waals surface area (Å²) in [6, 6.07) is 7.69. The Labute approximate surface area is 83.6 Å². The predicted octanol–water partition coefficient (Wildman–Crippen LogP) is 2.57. The number of carbonyl (C=O) groups excluding carboxylic acids is 1. The first kappa shape index (κ1) is 9.00. The summed E-state index contributed by atoms with van der Waals surface area (Å²) in [6.07, 6.45) is 4.19. The van der Waals surface area contributed by atoms with Crippen LogP contribution in [0.2, 0.25) is 0 Å². The first-order valence-corrected chi connectivity index (χ1v) is 4.94. The number of unbranched alkanes of at least 4 members (excludes halogenated alkanes) is 1. The Morgan fingerprint density at radius 2 is 2.00 bits per heavy atom. The molecule has 72 valence electrons. The molecule has 0 radical (unpaired) electrons. The minimum absolute atomic E-state index is 0.0166. The average molecular weight is 187 g/mol. The van der Waals surface area contributed by atoms with E-state index in [-0.39, 0.29) is 5.91 Å². The summed E-state index contributed by atoms with van der Waals surface area (Å²) in [5, 5.41) is 2.88. The van der Waals surface area contributed by atoms with Crippen molar-refractivity contribution < 1.29 is 4.79 Å². The van der Waals surface area contributed by atoms with Crippen LogP contribution >= 0.6 is 0 Å². The van der Waals surface area contributed by atoms with Crippen molar-refractivity contribution in [3.8, 4) is 0 Å².